The van der Waals surface area contributed by atoms with Crippen molar-refractivity contribution in [2.24, 2.45) is 10.7 Å². The van der Waals surface area contributed by atoms with Crippen LogP contribution in [0.25, 0.3) is 0 Å². The lowest BCUT2D eigenvalue weighted by Crippen LogP contribution is -2.23. The Labute approximate surface area is 159 Å². The van der Waals surface area contributed by atoms with Crippen LogP contribution in [0.3, 0.4) is 0 Å². The van der Waals surface area contributed by atoms with E-state index in [-0.39, 0.29) is 23.5 Å². The van der Waals surface area contributed by atoms with Crippen LogP contribution in [0.5, 0.6) is 11.6 Å². The number of rotatable bonds is 7. The molecule has 0 amide bonds. The van der Waals surface area contributed by atoms with Crippen LogP contribution < -0.4 is 20.5 Å². The molecule has 1 heterocycles. The van der Waals surface area contributed by atoms with E-state index in [2.05, 4.69) is 15.3 Å². The number of alkyl halides is 3. The summed E-state index contributed by atoms with van der Waals surface area (Å²) < 4.78 is 48.0. The smallest absolute Gasteiger partial charge is 0.417 e. The third-order valence-electron chi connectivity index (χ3n) is 3.30. The van der Waals surface area contributed by atoms with Crippen LogP contribution in [0.2, 0.25) is 5.02 Å². The zero-order valence-corrected chi connectivity index (χ0v) is 15.1. The minimum absolute atomic E-state index is 0.0591. The van der Waals surface area contributed by atoms with E-state index in [9.17, 15) is 13.2 Å². The summed E-state index contributed by atoms with van der Waals surface area (Å²) in [5.41, 5.74) is 5.59. The molecule has 0 aliphatic heterocycles. The number of halogens is 4. The normalized spacial score (nSPS) is 12.0. The van der Waals surface area contributed by atoms with Crippen molar-refractivity contribution < 1.29 is 22.6 Å². The second-order valence-corrected chi connectivity index (χ2v) is 5.74. The lowest BCUT2D eigenvalue weighted by molar-refractivity contribution is -0.137. The van der Waals surface area contributed by atoms with Crippen LogP contribution in [0.1, 0.15) is 12.0 Å². The summed E-state index contributed by atoms with van der Waals surface area (Å²) in [6.07, 6.45) is -3.36. The maximum absolute atomic E-state index is 12.5. The molecule has 0 bridgehead atoms. The fraction of sp³-hybridized carbons (Fsp3) is 0.294. The van der Waals surface area contributed by atoms with Crippen LogP contribution in [0.4, 0.5) is 18.9 Å². The Bertz CT molecular complexity index is 800. The number of guanidine groups is 1. The first-order chi connectivity index (χ1) is 12.8. The number of pyridine rings is 1. The molecule has 0 aliphatic carbocycles. The minimum Gasteiger partial charge on any atom is -0.497 e. The van der Waals surface area contributed by atoms with E-state index in [1.807, 2.05) is 12.1 Å². The van der Waals surface area contributed by atoms with E-state index >= 15 is 0 Å². The van der Waals surface area contributed by atoms with Crippen molar-refractivity contribution in [3.05, 3.63) is 47.1 Å². The standard InChI is InChI=1S/C17H18ClF3N4O2/c1-26-13-5-2-4-12(9-13)25-16(22)23-6-3-7-27-15-14(18)8-11(10-24-15)17(19,20)21/h2,4-5,8-10H,3,6-7H2,1H3,(H3,22,23,25). The van der Waals surface area contributed by atoms with Gasteiger partial charge in [-0.3, -0.25) is 4.99 Å². The Morgan fingerprint density at radius 3 is 2.78 bits per heavy atom. The van der Waals surface area contributed by atoms with Crippen LogP contribution in [-0.4, -0.2) is 31.2 Å². The quantitative estimate of drug-likeness (QED) is 0.416. The molecule has 6 nitrogen and oxygen atoms in total. The summed E-state index contributed by atoms with van der Waals surface area (Å²) in [5, 5.41) is 2.72. The second-order valence-electron chi connectivity index (χ2n) is 5.33. The molecule has 0 fully saturated rings. The van der Waals surface area contributed by atoms with E-state index in [4.69, 9.17) is 26.8 Å². The number of hydrogen-bond donors (Lipinski definition) is 2. The van der Waals surface area contributed by atoms with Gasteiger partial charge in [0.2, 0.25) is 5.88 Å². The minimum atomic E-state index is -4.50. The molecule has 0 unspecified atom stereocenters. The number of nitrogens with one attached hydrogen (secondary N) is 1. The highest BCUT2D eigenvalue weighted by molar-refractivity contribution is 6.31. The molecule has 146 valence electrons. The molecule has 1 aromatic heterocycles. The lowest BCUT2D eigenvalue weighted by atomic mass is 10.3. The van der Waals surface area contributed by atoms with Gasteiger partial charge < -0.3 is 20.5 Å². The fourth-order valence-corrected chi connectivity index (χ4v) is 2.23. The van der Waals surface area contributed by atoms with Gasteiger partial charge in [-0.05, 0) is 18.2 Å². The predicted octanol–water partition coefficient (Wildman–Crippen LogP) is 3.96. The number of nitrogens with two attached hydrogens (primary N) is 1. The highest BCUT2D eigenvalue weighted by atomic mass is 35.5. The van der Waals surface area contributed by atoms with Gasteiger partial charge in [0.15, 0.2) is 5.96 Å². The van der Waals surface area contributed by atoms with Crippen molar-refractivity contribution in [2.45, 2.75) is 12.6 Å². The Balaban J connectivity index is 1.78. The van der Waals surface area contributed by atoms with Crippen LogP contribution in [0, 0.1) is 0 Å². The van der Waals surface area contributed by atoms with Crippen LogP contribution >= 0.6 is 11.6 Å². The Hall–Kier alpha value is -2.68. The third-order valence-corrected chi connectivity index (χ3v) is 3.57. The van der Waals surface area contributed by atoms with Gasteiger partial charge in [-0.2, -0.15) is 13.2 Å². The number of nitrogens with zero attached hydrogens (tertiary/aromatic N) is 2. The Kier molecular flexibility index (Phi) is 7.12. The van der Waals surface area contributed by atoms with Gasteiger partial charge in [0.1, 0.15) is 10.8 Å². The maximum Gasteiger partial charge on any atom is 0.417 e. The van der Waals surface area contributed by atoms with Crippen molar-refractivity contribution in [2.75, 3.05) is 25.6 Å². The molecule has 0 saturated heterocycles. The van der Waals surface area contributed by atoms with Crippen molar-refractivity contribution in [3.63, 3.8) is 0 Å². The molecule has 0 spiro atoms. The van der Waals surface area contributed by atoms with Gasteiger partial charge in [-0.1, -0.05) is 17.7 Å². The Morgan fingerprint density at radius 2 is 2.11 bits per heavy atom. The van der Waals surface area contributed by atoms with Gasteiger partial charge >= 0.3 is 6.18 Å². The van der Waals surface area contributed by atoms with Gasteiger partial charge in [-0.15, -0.1) is 0 Å². The van der Waals surface area contributed by atoms with E-state index in [1.165, 1.54) is 0 Å². The molecule has 2 rings (SSSR count). The maximum atomic E-state index is 12.5. The summed E-state index contributed by atoms with van der Waals surface area (Å²) in [7, 11) is 1.56. The molecule has 0 atom stereocenters. The van der Waals surface area contributed by atoms with Gasteiger partial charge in [0.05, 0.1) is 19.3 Å². The summed E-state index contributed by atoms with van der Waals surface area (Å²) in [6.45, 7) is 0.523. The zero-order chi connectivity index (χ0) is 19.9. The lowest BCUT2D eigenvalue weighted by Gasteiger charge is -2.10. The SMILES string of the molecule is COc1cccc(NC(N)=NCCCOc2ncc(C(F)(F)F)cc2Cl)c1. The summed E-state index contributed by atoms with van der Waals surface area (Å²) in [5.74, 6) is 0.840. The first kappa shape index (κ1) is 20.6. The molecular weight excluding hydrogens is 385 g/mol. The zero-order valence-electron chi connectivity index (χ0n) is 14.4. The molecule has 2 aromatic rings. The third kappa shape index (κ3) is 6.52. The van der Waals surface area contributed by atoms with Crippen molar-refractivity contribution in [1.82, 2.24) is 4.98 Å². The van der Waals surface area contributed by atoms with Gasteiger partial charge in [-0.25, -0.2) is 4.98 Å². The average Bonchev–Trinajstić information content (AvgIpc) is 2.62. The Morgan fingerprint density at radius 1 is 1.33 bits per heavy atom. The number of aromatic nitrogens is 1. The number of anilines is 1. The van der Waals surface area contributed by atoms with E-state index in [0.717, 1.165) is 11.8 Å². The molecule has 0 aliphatic rings. The van der Waals surface area contributed by atoms with Crippen molar-refractivity contribution >= 4 is 23.2 Å². The monoisotopic (exact) mass is 402 g/mol. The number of methoxy groups -OCH3 is 1. The van der Waals surface area contributed by atoms with Gasteiger partial charge in [0, 0.05) is 30.9 Å². The molecule has 3 N–H and O–H groups in total. The summed E-state index contributed by atoms with van der Waals surface area (Å²) >= 11 is 5.76. The fourth-order valence-electron chi connectivity index (χ4n) is 2.01. The number of benzene rings is 1. The summed E-state index contributed by atoms with van der Waals surface area (Å²) in [4.78, 5) is 7.73. The number of aliphatic imine (C=N–C) groups is 1. The van der Waals surface area contributed by atoms with Crippen LogP contribution in [-0.2, 0) is 6.18 Å². The molecule has 10 heteroatoms. The molecule has 0 radical (unpaired) electrons. The highest BCUT2D eigenvalue weighted by Gasteiger charge is 2.31. The first-order valence-electron chi connectivity index (χ1n) is 7.86. The van der Waals surface area contributed by atoms with Crippen molar-refractivity contribution in [3.8, 4) is 11.6 Å². The highest BCUT2D eigenvalue weighted by Crippen LogP contribution is 2.33. The topological polar surface area (TPSA) is 81.8 Å². The number of ether oxygens (including phenoxy) is 2. The second kappa shape index (κ2) is 9.31. The molecule has 1 aromatic carbocycles. The predicted molar refractivity (Wildman–Crippen MR) is 97.5 cm³/mol. The first-order valence-corrected chi connectivity index (χ1v) is 8.24. The van der Waals surface area contributed by atoms with E-state index in [1.54, 1.807) is 19.2 Å². The molecule has 0 saturated carbocycles. The molecule has 27 heavy (non-hydrogen) atoms. The largest absolute Gasteiger partial charge is 0.497 e. The van der Waals surface area contributed by atoms with Gasteiger partial charge in [0.25, 0.3) is 0 Å². The van der Waals surface area contributed by atoms with Crippen LogP contribution in [0.15, 0.2) is 41.5 Å². The molecular formula is C17H18ClF3N4O2. The van der Waals surface area contributed by atoms with E-state index in [0.29, 0.717) is 24.9 Å². The van der Waals surface area contributed by atoms with Crippen molar-refractivity contribution in [1.29, 1.82) is 0 Å². The summed E-state index contributed by atoms with van der Waals surface area (Å²) in [6, 6.07) is 7.97. The average molecular weight is 403 g/mol. The number of hydrogen-bond acceptors (Lipinski definition) is 4. The van der Waals surface area contributed by atoms with E-state index < -0.39 is 11.7 Å².